The van der Waals surface area contributed by atoms with E-state index in [1.165, 1.54) is 23.1 Å². The molecule has 0 unspecified atom stereocenters. The van der Waals surface area contributed by atoms with Crippen molar-refractivity contribution in [3.05, 3.63) is 8.81 Å². The van der Waals surface area contributed by atoms with Crippen LogP contribution in [-0.2, 0) is 10.0 Å². The van der Waals surface area contributed by atoms with Gasteiger partial charge in [-0.25, -0.2) is 0 Å². The highest BCUT2D eigenvalue weighted by molar-refractivity contribution is 9.10. The molecule has 1 aromatic rings. The molecule has 0 radical (unpaired) electrons. The SMILES string of the molecule is CSC1=NS(=O)(=O)c2c(sc(Cl)c2Br)N1. The Hall–Kier alpha value is 0.240. The van der Waals surface area contributed by atoms with Gasteiger partial charge in [0.1, 0.15) is 14.2 Å². The highest BCUT2D eigenvalue weighted by Gasteiger charge is 2.31. The summed E-state index contributed by atoms with van der Waals surface area (Å²) in [7, 11) is -3.63. The van der Waals surface area contributed by atoms with E-state index in [-0.39, 0.29) is 4.90 Å². The van der Waals surface area contributed by atoms with Gasteiger partial charge in [-0.15, -0.1) is 15.7 Å². The van der Waals surface area contributed by atoms with Crippen LogP contribution in [0.4, 0.5) is 5.00 Å². The summed E-state index contributed by atoms with van der Waals surface area (Å²) in [5.41, 5.74) is 0. The number of halogens is 2. The van der Waals surface area contributed by atoms with Crippen molar-refractivity contribution in [1.82, 2.24) is 0 Å². The summed E-state index contributed by atoms with van der Waals surface area (Å²) in [5.74, 6) is 0. The Morgan fingerprint density at radius 3 is 2.87 bits per heavy atom. The van der Waals surface area contributed by atoms with E-state index in [1.54, 1.807) is 6.26 Å². The third-order valence-electron chi connectivity index (χ3n) is 1.64. The Kier molecular flexibility index (Phi) is 3.06. The predicted octanol–water partition coefficient (Wildman–Crippen LogP) is 3.00. The molecule has 82 valence electrons. The number of nitrogens with zero attached hydrogens (tertiary/aromatic N) is 1. The highest BCUT2D eigenvalue weighted by atomic mass is 79.9. The van der Waals surface area contributed by atoms with E-state index in [2.05, 4.69) is 25.6 Å². The molecule has 0 amide bonds. The Morgan fingerprint density at radius 1 is 1.60 bits per heavy atom. The fourth-order valence-electron chi connectivity index (χ4n) is 1.05. The lowest BCUT2D eigenvalue weighted by molar-refractivity contribution is 0.598. The zero-order valence-electron chi connectivity index (χ0n) is 7.24. The van der Waals surface area contributed by atoms with Crippen LogP contribution in [0.15, 0.2) is 13.8 Å². The molecule has 0 aliphatic carbocycles. The van der Waals surface area contributed by atoms with Crippen LogP contribution in [-0.4, -0.2) is 19.8 Å². The second kappa shape index (κ2) is 3.92. The molecular weight excluding hydrogens is 344 g/mol. The lowest BCUT2D eigenvalue weighted by Crippen LogP contribution is -2.16. The Balaban J connectivity index is 2.69. The van der Waals surface area contributed by atoms with Gasteiger partial charge in [-0.05, 0) is 22.2 Å². The number of fused-ring (bicyclic) bond motifs is 1. The van der Waals surface area contributed by atoms with Crippen LogP contribution in [0.5, 0.6) is 0 Å². The first-order valence-corrected chi connectivity index (χ1v) is 8.24. The maximum Gasteiger partial charge on any atom is 0.288 e. The molecule has 4 nitrogen and oxygen atoms in total. The van der Waals surface area contributed by atoms with Gasteiger partial charge in [0.25, 0.3) is 10.0 Å². The van der Waals surface area contributed by atoms with Gasteiger partial charge in [-0.1, -0.05) is 23.4 Å². The molecule has 1 aliphatic rings. The van der Waals surface area contributed by atoms with Gasteiger partial charge in [-0.2, -0.15) is 8.42 Å². The van der Waals surface area contributed by atoms with Gasteiger partial charge in [0, 0.05) is 0 Å². The normalized spacial score (nSPS) is 17.9. The quantitative estimate of drug-likeness (QED) is 0.784. The number of rotatable bonds is 0. The van der Waals surface area contributed by atoms with E-state index in [9.17, 15) is 8.42 Å². The molecule has 0 saturated carbocycles. The fraction of sp³-hybridized carbons (Fsp3) is 0.167. The summed E-state index contributed by atoms with van der Waals surface area (Å²) < 4.78 is 27.9. The molecule has 2 rings (SSSR count). The summed E-state index contributed by atoms with van der Waals surface area (Å²) >= 11 is 11.4. The molecule has 0 fully saturated rings. The third kappa shape index (κ3) is 1.93. The molecule has 1 aromatic heterocycles. The number of hydrogen-bond acceptors (Lipinski definition) is 5. The van der Waals surface area contributed by atoms with Gasteiger partial charge in [0.05, 0.1) is 4.47 Å². The Bertz CT molecular complexity index is 551. The molecule has 9 heteroatoms. The first-order valence-electron chi connectivity index (χ1n) is 3.59. The minimum absolute atomic E-state index is 0.121. The van der Waals surface area contributed by atoms with E-state index in [1.807, 2.05) is 0 Å². The zero-order chi connectivity index (χ0) is 11.2. The molecule has 0 aromatic carbocycles. The second-order valence-electron chi connectivity index (χ2n) is 2.55. The van der Waals surface area contributed by atoms with E-state index < -0.39 is 10.0 Å². The number of thiophene rings is 1. The van der Waals surface area contributed by atoms with Crippen LogP contribution in [0.2, 0.25) is 4.34 Å². The number of thioether (sulfide) groups is 1. The van der Waals surface area contributed by atoms with E-state index in [4.69, 9.17) is 11.6 Å². The maximum absolute atomic E-state index is 11.8. The molecule has 1 aliphatic heterocycles. The lowest BCUT2D eigenvalue weighted by Gasteiger charge is -2.12. The number of anilines is 1. The van der Waals surface area contributed by atoms with Crippen molar-refractivity contribution < 1.29 is 8.42 Å². The van der Waals surface area contributed by atoms with Crippen molar-refractivity contribution in [3.63, 3.8) is 0 Å². The first kappa shape index (κ1) is 11.7. The van der Waals surface area contributed by atoms with Crippen LogP contribution < -0.4 is 5.32 Å². The van der Waals surface area contributed by atoms with E-state index in [0.29, 0.717) is 19.0 Å². The number of nitrogens with one attached hydrogen (secondary N) is 1. The zero-order valence-corrected chi connectivity index (χ0v) is 12.0. The molecule has 0 atom stereocenters. The number of hydrogen-bond donors (Lipinski definition) is 1. The summed E-state index contributed by atoms with van der Waals surface area (Å²) in [4.78, 5) is 0.121. The Labute approximate surface area is 108 Å². The Morgan fingerprint density at radius 2 is 2.27 bits per heavy atom. The molecule has 15 heavy (non-hydrogen) atoms. The van der Waals surface area contributed by atoms with Crippen molar-refractivity contribution in [2.45, 2.75) is 4.90 Å². The average molecular weight is 348 g/mol. The number of amidine groups is 1. The van der Waals surface area contributed by atoms with Gasteiger partial charge < -0.3 is 5.32 Å². The van der Waals surface area contributed by atoms with Crippen molar-refractivity contribution in [2.24, 2.45) is 4.40 Å². The number of sulfonamides is 1. The van der Waals surface area contributed by atoms with Crippen LogP contribution in [0, 0.1) is 0 Å². The van der Waals surface area contributed by atoms with Crippen LogP contribution in [0.25, 0.3) is 0 Å². The molecule has 0 bridgehead atoms. The lowest BCUT2D eigenvalue weighted by atomic mass is 10.6. The summed E-state index contributed by atoms with van der Waals surface area (Å²) in [6.45, 7) is 0. The summed E-state index contributed by atoms with van der Waals surface area (Å²) in [6.07, 6.45) is 1.75. The standard InChI is InChI=1S/C6H4BrClN2O2S3/c1-13-6-9-5-3(15(11,12)10-6)2(7)4(8)14-5/h1H3,(H,9,10). The topological polar surface area (TPSA) is 58.5 Å². The fourth-order valence-corrected chi connectivity index (χ4v) is 5.66. The van der Waals surface area contributed by atoms with E-state index >= 15 is 0 Å². The van der Waals surface area contributed by atoms with Crippen molar-refractivity contribution in [2.75, 3.05) is 11.6 Å². The molecule has 1 N–H and O–H groups in total. The minimum atomic E-state index is -3.63. The van der Waals surface area contributed by atoms with Gasteiger partial charge >= 0.3 is 0 Å². The third-order valence-corrected chi connectivity index (χ3v) is 6.68. The molecule has 2 heterocycles. The summed E-state index contributed by atoms with van der Waals surface area (Å²) in [5, 5.41) is 3.76. The van der Waals surface area contributed by atoms with Crippen LogP contribution in [0.3, 0.4) is 0 Å². The van der Waals surface area contributed by atoms with Crippen molar-refractivity contribution in [3.8, 4) is 0 Å². The van der Waals surface area contributed by atoms with Gasteiger partial charge in [0.2, 0.25) is 0 Å². The first-order chi connectivity index (χ1) is 6.95. The van der Waals surface area contributed by atoms with Crippen molar-refractivity contribution in [1.29, 1.82) is 0 Å². The largest absolute Gasteiger partial charge is 0.325 e. The average Bonchev–Trinajstić information content (AvgIpc) is 2.41. The second-order valence-corrected chi connectivity index (χ2v) is 7.30. The maximum atomic E-state index is 11.8. The van der Waals surface area contributed by atoms with Crippen LogP contribution >= 0.6 is 50.6 Å². The smallest absolute Gasteiger partial charge is 0.288 e. The molecular formula is C6H4BrClN2O2S3. The summed E-state index contributed by atoms with van der Waals surface area (Å²) in [6, 6.07) is 0. The van der Waals surface area contributed by atoms with Gasteiger partial charge in [-0.3, -0.25) is 0 Å². The van der Waals surface area contributed by atoms with Gasteiger partial charge in [0.15, 0.2) is 5.17 Å². The monoisotopic (exact) mass is 346 g/mol. The highest BCUT2D eigenvalue weighted by Crippen LogP contribution is 2.46. The van der Waals surface area contributed by atoms with Crippen molar-refractivity contribution >= 4 is 70.8 Å². The van der Waals surface area contributed by atoms with Crippen LogP contribution in [0.1, 0.15) is 0 Å². The molecule has 0 saturated heterocycles. The van der Waals surface area contributed by atoms with E-state index in [0.717, 1.165) is 0 Å². The molecule has 0 spiro atoms. The predicted molar refractivity (Wildman–Crippen MR) is 68.8 cm³/mol. The minimum Gasteiger partial charge on any atom is -0.325 e.